The molecule has 0 aliphatic rings. The summed E-state index contributed by atoms with van der Waals surface area (Å²) >= 11 is 0. The smallest absolute Gasteiger partial charge is 0.151 e. The lowest BCUT2D eigenvalue weighted by Gasteiger charge is -2.07. The molecule has 0 N–H and O–H groups in total. The molecule has 0 amide bonds. The van der Waals surface area contributed by atoms with E-state index in [4.69, 9.17) is 4.74 Å². The predicted molar refractivity (Wildman–Crippen MR) is 50.0 cm³/mol. The standard InChI is InChI=1S/C10H13NO2/c1-8(2)7-13-10-3-9(6-12)4-11-5-10/h3-6,8H,7H2,1-2H3. The average Bonchev–Trinajstić information content (AvgIpc) is 2.15. The van der Waals surface area contributed by atoms with Crippen LogP contribution in [0.1, 0.15) is 24.2 Å². The molecule has 0 spiro atoms. The van der Waals surface area contributed by atoms with E-state index < -0.39 is 0 Å². The summed E-state index contributed by atoms with van der Waals surface area (Å²) < 4.78 is 5.39. The molecule has 3 heteroatoms. The second kappa shape index (κ2) is 4.60. The first-order chi connectivity index (χ1) is 6.22. The van der Waals surface area contributed by atoms with Crippen molar-refractivity contribution in [1.29, 1.82) is 0 Å². The third-order valence-corrected chi connectivity index (χ3v) is 1.45. The molecule has 3 nitrogen and oxygen atoms in total. The number of carbonyl (C=O) groups excluding carboxylic acids is 1. The van der Waals surface area contributed by atoms with Crippen LogP contribution in [0.5, 0.6) is 5.75 Å². The van der Waals surface area contributed by atoms with Gasteiger partial charge in [0.1, 0.15) is 5.75 Å². The SMILES string of the molecule is CC(C)COc1cncc(C=O)c1. The highest BCUT2D eigenvalue weighted by Crippen LogP contribution is 2.10. The molecule has 70 valence electrons. The van der Waals surface area contributed by atoms with E-state index in [1.165, 1.54) is 6.20 Å². The summed E-state index contributed by atoms with van der Waals surface area (Å²) in [7, 11) is 0. The Morgan fingerprint density at radius 3 is 2.92 bits per heavy atom. The minimum absolute atomic E-state index is 0.472. The highest BCUT2D eigenvalue weighted by atomic mass is 16.5. The summed E-state index contributed by atoms with van der Waals surface area (Å²) in [6.07, 6.45) is 3.87. The zero-order chi connectivity index (χ0) is 9.68. The molecular weight excluding hydrogens is 166 g/mol. The molecule has 0 radical (unpaired) electrons. The Morgan fingerprint density at radius 1 is 1.54 bits per heavy atom. The normalized spacial score (nSPS) is 10.1. The second-order valence-electron chi connectivity index (χ2n) is 3.28. The Bertz CT molecular complexity index is 284. The average molecular weight is 179 g/mol. The van der Waals surface area contributed by atoms with Gasteiger partial charge in [0.05, 0.1) is 12.8 Å². The Labute approximate surface area is 77.8 Å². The zero-order valence-electron chi connectivity index (χ0n) is 7.86. The van der Waals surface area contributed by atoms with Gasteiger partial charge in [-0.2, -0.15) is 0 Å². The number of nitrogens with zero attached hydrogens (tertiary/aromatic N) is 1. The number of hydrogen-bond acceptors (Lipinski definition) is 3. The van der Waals surface area contributed by atoms with Crippen LogP contribution in [0.4, 0.5) is 0 Å². The third-order valence-electron chi connectivity index (χ3n) is 1.45. The Morgan fingerprint density at radius 2 is 2.31 bits per heavy atom. The van der Waals surface area contributed by atoms with Crippen LogP contribution < -0.4 is 4.74 Å². The van der Waals surface area contributed by atoms with Gasteiger partial charge in [-0.1, -0.05) is 13.8 Å². The van der Waals surface area contributed by atoms with E-state index >= 15 is 0 Å². The van der Waals surface area contributed by atoms with Crippen molar-refractivity contribution in [1.82, 2.24) is 4.98 Å². The molecule has 1 rings (SSSR count). The van der Waals surface area contributed by atoms with Crippen LogP contribution in [0.3, 0.4) is 0 Å². The summed E-state index contributed by atoms with van der Waals surface area (Å²) in [4.78, 5) is 14.3. The molecule has 0 unspecified atom stereocenters. The van der Waals surface area contributed by atoms with Crippen molar-refractivity contribution >= 4 is 6.29 Å². The van der Waals surface area contributed by atoms with Crippen LogP contribution in [0.2, 0.25) is 0 Å². The molecule has 0 saturated carbocycles. The van der Waals surface area contributed by atoms with Crippen molar-refractivity contribution < 1.29 is 9.53 Å². The van der Waals surface area contributed by atoms with Crippen molar-refractivity contribution in [2.24, 2.45) is 5.92 Å². The van der Waals surface area contributed by atoms with E-state index in [0.29, 0.717) is 23.8 Å². The first kappa shape index (κ1) is 9.71. The lowest BCUT2D eigenvalue weighted by molar-refractivity contribution is 0.112. The maximum atomic E-state index is 10.4. The molecule has 0 saturated heterocycles. The van der Waals surface area contributed by atoms with Gasteiger partial charge in [-0.25, -0.2) is 0 Å². The summed E-state index contributed by atoms with van der Waals surface area (Å²) in [5.41, 5.74) is 0.543. The molecule has 0 aromatic carbocycles. The number of pyridine rings is 1. The van der Waals surface area contributed by atoms with Gasteiger partial charge in [-0.3, -0.25) is 9.78 Å². The van der Waals surface area contributed by atoms with Gasteiger partial charge < -0.3 is 4.74 Å². The van der Waals surface area contributed by atoms with Crippen molar-refractivity contribution in [2.45, 2.75) is 13.8 Å². The Balaban J connectivity index is 2.61. The number of hydrogen-bond donors (Lipinski definition) is 0. The molecule has 0 aliphatic heterocycles. The summed E-state index contributed by atoms with van der Waals surface area (Å²) in [6.45, 7) is 4.78. The summed E-state index contributed by atoms with van der Waals surface area (Å²) in [5.74, 6) is 1.12. The maximum Gasteiger partial charge on any atom is 0.151 e. The first-order valence-electron chi connectivity index (χ1n) is 4.25. The Hall–Kier alpha value is -1.38. The van der Waals surface area contributed by atoms with Crippen molar-refractivity contribution in [3.63, 3.8) is 0 Å². The van der Waals surface area contributed by atoms with E-state index in [1.807, 2.05) is 0 Å². The molecule has 1 aromatic heterocycles. The minimum Gasteiger partial charge on any atom is -0.492 e. The highest BCUT2D eigenvalue weighted by Gasteiger charge is 1.98. The van der Waals surface area contributed by atoms with Gasteiger partial charge in [0.15, 0.2) is 6.29 Å². The van der Waals surface area contributed by atoms with Crippen LogP contribution >= 0.6 is 0 Å². The number of rotatable bonds is 4. The molecule has 0 bridgehead atoms. The molecule has 13 heavy (non-hydrogen) atoms. The van der Waals surface area contributed by atoms with E-state index in [-0.39, 0.29) is 0 Å². The van der Waals surface area contributed by atoms with Gasteiger partial charge in [0, 0.05) is 11.8 Å². The van der Waals surface area contributed by atoms with Crippen molar-refractivity contribution in [3.05, 3.63) is 24.0 Å². The Kier molecular flexibility index (Phi) is 3.43. The lowest BCUT2D eigenvalue weighted by atomic mass is 10.2. The molecule has 1 heterocycles. The van der Waals surface area contributed by atoms with Crippen molar-refractivity contribution in [2.75, 3.05) is 6.61 Å². The monoisotopic (exact) mass is 179 g/mol. The van der Waals surface area contributed by atoms with Crippen LogP contribution in [-0.2, 0) is 0 Å². The minimum atomic E-state index is 0.472. The number of aldehydes is 1. The number of aromatic nitrogens is 1. The van der Waals surface area contributed by atoms with Gasteiger partial charge in [-0.05, 0) is 12.0 Å². The number of ether oxygens (including phenoxy) is 1. The second-order valence-corrected chi connectivity index (χ2v) is 3.28. The zero-order valence-corrected chi connectivity index (χ0v) is 7.86. The first-order valence-corrected chi connectivity index (χ1v) is 4.25. The van der Waals surface area contributed by atoms with Gasteiger partial charge >= 0.3 is 0 Å². The van der Waals surface area contributed by atoms with E-state index in [0.717, 1.165) is 6.29 Å². The molecule has 0 fully saturated rings. The van der Waals surface area contributed by atoms with Crippen LogP contribution in [0.15, 0.2) is 18.5 Å². The third kappa shape index (κ3) is 3.23. The van der Waals surface area contributed by atoms with Gasteiger partial charge in [0.2, 0.25) is 0 Å². The quantitative estimate of drug-likeness (QED) is 0.663. The van der Waals surface area contributed by atoms with E-state index in [2.05, 4.69) is 18.8 Å². The lowest BCUT2D eigenvalue weighted by Crippen LogP contribution is -2.04. The fraction of sp³-hybridized carbons (Fsp3) is 0.400. The van der Waals surface area contributed by atoms with Crippen LogP contribution in [0.25, 0.3) is 0 Å². The fourth-order valence-electron chi connectivity index (χ4n) is 0.842. The largest absolute Gasteiger partial charge is 0.492 e. The fourth-order valence-corrected chi connectivity index (χ4v) is 0.842. The highest BCUT2D eigenvalue weighted by molar-refractivity contribution is 5.74. The topological polar surface area (TPSA) is 39.2 Å². The maximum absolute atomic E-state index is 10.4. The van der Waals surface area contributed by atoms with E-state index in [9.17, 15) is 4.79 Å². The summed E-state index contributed by atoms with van der Waals surface area (Å²) in [6, 6.07) is 1.68. The van der Waals surface area contributed by atoms with Crippen LogP contribution in [-0.4, -0.2) is 17.9 Å². The van der Waals surface area contributed by atoms with Gasteiger partial charge in [-0.15, -0.1) is 0 Å². The summed E-state index contributed by atoms with van der Waals surface area (Å²) in [5, 5.41) is 0. The van der Waals surface area contributed by atoms with Gasteiger partial charge in [0.25, 0.3) is 0 Å². The molecule has 0 aliphatic carbocycles. The van der Waals surface area contributed by atoms with Crippen LogP contribution in [0, 0.1) is 5.92 Å². The van der Waals surface area contributed by atoms with E-state index in [1.54, 1.807) is 12.3 Å². The molecular formula is C10H13NO2. The predicted octanol–water partition coefficient (Wildman–Crippen LogP) is 1.93. The molecule has 0 atom stereocenters. The molecule has 1 aromatic rings. The number of carbonyl (C=O) groups is 1. The van der Waals surface area contributed by atoms with Crippen molar-refractivity contribution in [3.8, 4) is 5.75 Å².